The Morgan fingerprint density at radius 2 is 1.96 bits per heavy atom. The maximum Gasteiger partial charge on any atom is 0.242 e. The average Bonchev–Trinajstić information content (AvgIpc) is 3.00. The molecule has 0 saturated heterocycles. The van der Waals surface area contributed by atoms with Crippen LogP contribution in [0.2, 0.25) is 0 Å². The Hall–Kier alpha value is -1.36. The molecule has 0 amide bonds. The van der Waals surface area contributed by atoms with Crippen molar-refractivity contribution in [1.82, 2.24) is 4.72 Å². The summed E-state index contributed by atoms with van der Waals surface area (Å²) in [6.45, 7) is 1.88. The summed E-state index contributed by atoms with van der Waals surface area (Å²) in [5.74, 6) is 0.270. The molecule has 0 heterocycles. The van der Waals surface area contributed by atoms with Gasteiger partial charge < -0.3 is 10.5 Å². The molecule has 0 aliphatic heterocycles. The molecule has 10 heteroatoms. The van der Waals surface area contributed by atoms with Gasteiger partial charge in [0, 0.05) is 12.1 Å². The smallest absolute Gasteiger partial charge is 0.242 e. The number of rotatable bonds is 8. The fourth-order valence-corrected chi connectivity index (χ4v) is 5.12. The number of methoxy groups -OCH3 is 1. The van der Waals surface area contributed by atoms with Crippen LogP contribution >= 0.6 is 0 Å². The zero-order valence-corrected chi connectivity index (χ0v) is 16.0. The van der Waals surface area contributed by atoms with Crippen molar-refractivity contribution in [2.75, 3.05) is 24.1 Å². The number of sulfonamides is 2. The van der Waals surface area contributed by atoms with Crippen molar-refractivity contribution < 1.29 is 21.6 Å². The van der Waals surface area contributed by atoms with Gasteiger partial charge in [-0.25, -0.2) is 21.6 Å². The van der Waals surface area contributed by atoms with E-state index in [0.29, 0.717) is 18.7 Å². The second kappa shape index (κ2) is 7.90. The van der Waals surface area contributed by atoms with E-state index in [0.717, 1.165) is 12.8 Å². The normalized spacial score (nSPS) is 21.2. The molecule has 1 aromatic rings. The number of nitrogens with one attached hydrogen (secondary N) is 2. The SMILES string of the molecule is CCS(=O)(=O)Nc1cc(OC)ccc1S(=O)(=O)NC1CCCC1CN. The molecule has 1 fully saturated rings. The van der Waals surface area contributed by atoms with Gasteiger partial charge in [-0.15, -0.1) is 0 Å². The largest absolute Gasteiger partial charge is 0.497 e. The molecule has 4 N–H and O–H groups in total. The van der Waals surface area contributed by atoms with Gasteiger partial charge in [-0.2, -0.15) is 0 Å². The van der Waals surface area contributed by atoms with Crippen LogP contribution in [0.4, 0.5) is 5.69 Å². The van der Waals surface area contributed by atoms with E-state index in [1.807, 2.05) is 0 Å². The molecule has 0 bridgehead atoms. The molecule has 2 atom stereocenters. The van der Waals surface area contributed by atoms with Gasteiger partial charge in [-0.3, -0.25) is 4.72 Å². The predicted molar refractivity (Wildman–Crippen MR) is 96.6 cm³/mol. The highest BCUT2D eigenvalue weighted by molar-refractivity contribution is 7.93. The Morgan fingerprint density at radius 1 is 1.24 bits per heavy atom. The lowest BCUT2D eigenvalue weighted by Gasteiger charge is -2.21. The maximum absolute atomic E-state index is 12.8. The van der Waals surface area contributed by atoms with E-state index in [9.17, 15) is 16.8 Å². The van der Waals surface area contributed by atoms with Crippen molar-refractivity contribution in [3.63, 3.8) is 0 Å². The quantitative estimate of drug-likeness (QED) is 0.603. The highest BCUT2D eigenvalue weighted by Gasteiger charge is 2.31. The van der Waals surface area contributed by atoms with Gasteiger partial charge in [0.05, 0.1) is 18.6 Å². The van der Waals surface area contributed by atoms with E-state index in [2.05, 4.69) is 9.44 Å². The number of anilines is 1. The van der Waals surface area contributed by atoms with Crippen molar-refractivity contribution in [3.05, 3.63) is 18.2 Å². The number of hydrogen-bond donors (Lipinski definition) is 3. The van der Waals surface area contributed by atoms with Crippen molar-refractivity contribution in [1.29, 1.82) is 0 Å². The maximum atomic E-state index is 12.8. The van der Waals surface area contributed by atoms with Gasteiger partial charge in [-0.1, -0.05) is 6.42 Å². The molecule has 1 saturated carbocycles. The van der Waals surface area contributed by atoms with Crippen molar-refractivity contribution in [2.45, 2.75) is 37.1 Å². The van der Waals surface area contributed by atoms with Crippen molar-refractivity contribution in [3.8, 4) is 5.75 Å². The highest BCUT2D eigenvalue weighted by atomic mass is 32.2. The van der Waals surface area contributed by atoms with E-state index in [1.165, 1.54) is 32.2 Å². The van der Waals surface area contributed by atoms with E-state index in [4.69, 9.17) is 10.5 Å². The third-order valence-electron chi connectivity index (χ3n) is 4.39. The minimum atomic E-state index is -3.91. The van der Waals surface area contributed by atoms with Crippen LogP contribution < -0.4 is 19.9 Å². The van der Waals surface area contributed by atoms with Crippen LogP contribution in [0.1, 0.15) is 26.2 Å². The van der Waals surface area contributed by atoms with E-state index in [1.54, 1.807) is 0 Å². The third-order valence-corrected chi connectivity index (χ3v) is 7.23. The minimum Gasteiger partial charge on any atom is -0.497 e. The van der Waals surface area contributed by atoms with Crippen LogP contribution in [0.3, 0.4) is 0 Å². The van der Waals surface area contributed by atoms with Crippen molar-refractivity contribution >= 4 is 25.7 Å². The molecule has 1 aromatic carbocycles. The van der Waals surface area contributed by atoms with Crippen molar-refractivity contribution in [2.24, 2.45) is 11.7 Å². The first-order valence-electron chi connectivity index (χ1n) is 8.13. The summed E-state index contributed by atoms with van der Waals surface area (Å²) in [7, 11) is -6.13. The summed E-state index contributed by atoms with van der Waals surface area (Å²) in [6, 6.07) is 3.93. The zero-order valence-electron chi connectivity index (χ0n) is 14.4. The molecular formula is C15H25N3O5S2. The first-order valence-corrected chi connectivity index (χ1v) is 11.3. The second-order valence-corrected chi connectivity index (χ2v) is 9.72. The Bertz CT molecular complexity index is 808. The molecule has 0 spiro atoms. The summed E-state index contributed by atoms with van der Waals surface area (Å²) in [5.41, 5.74) is 5.68. The lowest BCUT2D eigenvalue weighted by molar-refractivity contribution is 0.414. The molecule has 2 unspecified atom stereocenters. The third kappa shape index (κ3) is 4.84. The van der Waals surface area contributed by atoms with E-state index in [-0.39, 0.29) is 28.3 Å². The summed E-state index contributed by atoms with van der Waals surface area (Å²) in [6.07, 6.45) is 2.50. The van der Waals surface area contributed by atoms with Crippen LogP contribution in [0.25, 0.3) is 0 Å². The number of hydrogen-bond acceptors (Lipinski definition) is 6. The molecule has 2 rings (SSSR count). The minimum absolute atomic E-state index is 0.0315. The molecule has 1 aliphatic rings. The van der Waals surface area contributed by atoms with Gasteiger partial charge in [-0.05, 0) is 44.4 Å². The number of benzene rings is 1. The fraction of sp³-hybridized carbons (Fsp3) is 0.600. The lowest BCUT2D eigenvalue weighted by Crippen LogP contribution is -2.40. The molecule has 8 nitrogen and oxygen atoms in total. The Balaban J connectivity index is 2.39. The monoisotopic (exact) mass is 391 g/mol. The van der Waals surface area contributed by atoms with Crippen LogP contribution in [-0.2, 0) is 20.0 Å². The summed E-state index contributed by atoms with van der Waals surface area (Å²) >= 11 is 0. The Labute approximate surface area is 149 Å². The lowest BCUT2D eigenvalue weighted by atomic mass is 10.1. The molecule has 0 aromatic heterocycles. The van der Waals surface area contributed by atoms with Gasteiger partial charge in [0.15, 0.2) is 0 Å². The van der Waals surface area contributed by atoms with Crippen LogP contribution in [0.5, 0.6) is 5.75 Å². The molecule has 0 radical (unpaired) electrons. The van der Waals surface area contributed by atoms with E-state index >= 15 is 0 Å². The first-order chi connectivity index (χ1) is 11.7. The van der Waals surface area contributed by atoms with Gasteiger partial charge in [0.1, 0.15) is 10.6 Å². The average molecular weight is 392 g/mol. The standard InChI is InChI=1S/C15H25N3O5S2/c1-3-24(19,20)17-14-9-12(23-2)7-8-15(14)25(21,22)18-13-6-4-5-11(13)10-16/h7-9,11,13,17-18H,3-6,10,16H2,1-2H3. The molecule has 25 heavy (non-hydrogen) atoms. The summed E-state index contributed by atoms with van der Waals surface area (Å²) in [5, 5.41) is 0. The Kier molecular flexibility index (Phi) is 6.30. The fourth-order valence-electron chi connectivity index (χ4n) is 2.93. The number of nitrogens with two attached hydrogens (primary N) is 1. The van der Waals surface area contributed by atoms with E-state index < -0.39 is 20.0 Å². The Morgan fingerprint density at radius 3 is 2.56 bits per heavy atom. The van der Waals surface area contributed by atoms with Gasteiger partial charge >= 0.3 is 0 Å². The van der Waals surface area contributed by atoms with Crippen LogP contribution in [0, 0.1) is 5.92 Å². The molecular weight excluding hydrogens is 366 g/mol. The van der Waals surface area contributed by atoms with Gasteiger partial charge in [0.25, 0.3) is 0 Å². The van der Waals surface area contributed by atoms with Crippen LogP contribution in [-0.4, -0.2) is 42.3 Å². The highest BCUT2D eigenvalue weighted by Crippen LogP contribution is 2.30. The van der Waals surface area contributed by atoms with Crippen LogP contribution in [0.15, 0.2) is 23.1 Å². The zero-order chi connectivity index (χ0) is 18.7. The first kappa shape index (κ1) is 20.0. The second-order valence-electron chi connectivity index (χ2n) is 6.02. The predicted octanol–water partition coefficient (Wildman–Crippen LogP) is 0.863. The molecule has 1 aliphatic carbocycles. The topological polar surface area (TPSA) is 128 Å². The number of ether oxygens (including phenoxy) is 1. The summed E-state index contributed by atoms with van der Waals surface area (Å²) < 4.78 is 59.5. The molecule has 142 valence electrons. The summed E-state index contributed by atoms with van der Waals surface area (Å²) in [4.78, 5) is -0.131. The van der Waals surface area contributed by atoms with Gasteiger partial charge in [0.2, 0.25) is 20.0 Å².